The van der Waals surface area contributed by atoms with Crippen LogP contribution in [0, 0.1) is 10.1 Å². The zero-order chi connectivity index (χ0) is 14.3. The number of amides is 1. The molecule has 0 aliphatic carbocycles. The van der Waals surface area contributed by atoms with Gasteiger partial charge in [-0.15, -0.1) is 0 Å². The van der Waals surface area contributed by atoms with Gasteiger partial charge in [-0.3, -0.25) is 14.9 Å². The molecule has 0 saturated carbocycles. The maximum absolute atomic E-state index is 12.0. The number of unbranched alkanes of at least 4 members (excludes halogenated alkanes) is 1. The van der Waals surface area contributed by atoms with Crippen LogP contribution >= 0.6 is 0 Å². The molecule has 0 aliphatic heterocycles. The van der Waals surface area contributed by atoms with Crippen molar-refractivity contribution in [3.05, 3.63) is 39.9 Å². The second kappa shape index (κ2) is 7.48. The van der Waals surface area contributed by atoms with E-state index in [1.165, 1.54) is 18.2 Å². The summed E-state index contributed by atoms with van der Waals surface area (Å²) in [6.45, 7) is 2.38. The first-order valence-electron chi connectivity index (χ1n) is 6.34. The van der Waals surface area contributed by atoms with Crippen molar-refractivity contribution >= 4 is 11.6 Å². The molecule has 6 nitrogen and oxygen atoms in total. The SMILES string of the molecule is CCCCC(CN)NC(=O)c1ccccc1[N+](=O)[O-]. The lowest BCUT2D eigenvalue weighted by atomic mass is 10.1. The Balaban J connectivity index is 2.80. The van der Waals surface area contributed by atoms with E-state index in [4.69, 9.17) is 5.73 Å². The van der Waals surface area contributed by atoms with Crippen LogP contribution < -0.4 is 11.1 Å². The molecule has 0 aromatic heterocycles. The summed E-state index contributed by atoms with van der Waals surface area (Å²) >= 11 is 0. The number of nitrogens with zero attached hydrogens (tertiary/aromatic N) is 1. The zero-order valence-corrected chi connectivity index (χ0v) is 11.0. The van der Waals surface area contributed by atoms with E-state index in [0.29, 0.717) is 6.54 Å². The molecule has 1 aromatic carbocycles. The van der Waals surface area contributed by atoms with Crippen LogP contribution in [0.3, 0.4) is 0 Å². The maximum Gasteiger partial charge on any atom is 0.282 e. The van der Waals surface area contributed by atoms with Crippen LogP contribution in [0.2, 0.25) is 0 Å². The van der Waals surface area contributed by atoms with Crippen LogP contribution in [0.4, 0.5) is 5.69 Å². The molecule has 1 aromatic rings. The number of carbonyl (C=O) groups is 1. The molecule has 0 saturated heterocycles. The van der Waals surface area contributed by atoms with Crippen molar-refractivity contribution in [3.8, 4) is 0 Å². The van der Waals surface area contributed by atoms with Crippen molar-refractivity contribution in [2.45, 2.75) is 32.2 Å². The first kappa shape index (κ1) is 15.1. The highest BCUT2D eigenvalue weighted by Gasteiger charge is 2.20. The van der Waals surface area contributed by atoms with Gasteiger partial charge in [-0.25, -0.2) is 0 Å². The number of nitro groups is 1. The highest BCUT2D eigenvalue weighted by atomic mass is 16.6. The Morgan fingerprint density at radius 1 is 1.47 bits per heavy atom. The van der Waals surface area contributed by atoms with Crippen LogP contribution in [0.25, 0.3) is 0 Å². The Kier molecular flexibility index (Phi) is 5.95. The van der Waals surface area contributed by atoms with Gasteiger partial charge >= 0.3 is 0 Å². The molecular formula is C13H19N3O3. The molecule has 0 radical (unpaired) electrons. The highest BCUT2D eigenvalue weighted by molar-refractivity contribution is 5.98. The third kappa shape index (κ3) is 4.33. The van der Waals surface area contributed by atoms with Crippen LogP contribution in [0.15, 0.2) is 24.3 Å². The van der Waals surface area contributed by atoms with E-state index < -0.39 is 10.8 Å². The van der Waals surface area contributed by atoms with E-state index in [2.05, 4.69) is 12.2 Å². The van der Waals surface area contributed by atoms with E-state index in [0.717, 1.165) is 19.3 Å². The molecule has 1 unspecified atom stereocenters. The molecule has 3 N–H and O–H groups in total. The van der Waals surface area contributed by atoms with Crippen molar-refractivity contribution in [1.29, 1.82) is 0 Å². The van der Waals surface area contributed by atoms with Crippen LogP contribution in [0.5, 0.6) is 0 Å². The summed E-state index contributed by atoms with van der Waals surface area (Å²) in [6, 6.07) is 5.75. The van der Waals surface area contributed by atoms with Crippen LogP contribution in [0.1, 0.15) is 36.5 Å². The Hall–Kier alpha value is -1.95. The van der Waals surface area contributed by atoms with Crippen molar-refractivity contribution in [1.82, 2.24) is 5.32 Å². The third-order valence-electron chi connectivity index (χ3n) is 2.87. The molecule has 1 atom stereocenters. The minimum atomic E-state index is -0.557. The zero-order valence-electron chi connectivity index (χ0n) is 11.0. The fourth-order valence-electron chi connectivity index (χ4n) is 1.79. The summed E-state index contributed by atoms with van der Waals surface area (Å²) in [5.74, 6) is -0.446. The quantitative estimate of drug-likeness (QED) is 0.580. The van der Waals surface area contributed by atoms with Gasteiger partial charge in [0.2, 0.25) is 0 Å². The predicted octanol–water partition coefficient (Wildman–Crippen LogP) is 1.84. The van der Waals surface area contributed by atoms with Gasteiger partial charge in [-0.2, -0.15) is 0 Å². The average Bonchev–Trinajstić information content (AvgIpc) is 2.43. The second-order valence-electron chi connectivity index (χ2n) is 4.32. The maximum atomic E-state index is 12.0. The van der Waals surface area contributed by atoms with E-state index in [9.17, 15) is 14.9 Å². The number of para-hydroxylation sites is 1. The second-order valence-corrected chi connectivity index (χ2v) is 4.32. The molecule has 0 spiro atoms. The average molecular weight is 265 g/mol. The van der Waals surface area contributed by atoms with Gasteiger partial charge in [-0.05, 0) is 12.5 Å². The fourth-order valence-corrected chi connectivity index (χ4v) is 1.79. The number of hydrogen-bond acceptors (Lipinski definition) is 4. The van der Waals surface area contributed by atoms with Gasteiger partial charge in [0.25, 0.3) is 11.6 Å². The smallest absolute Gasteiger partial charge is 0.282 e. The number of hydrogen-bond donors (Lipinski definition) is 2. The van der Waals surface area contributed by atoms with E-state index in [1.54, 1.807) is 6.07 Å². The minimum Gasteiger partial charge on any atom is -0.348 e. The van der Waals surface area contributed by atoms with Crippen molar-refractivity contribution in [2.75, 3.05) is 6.54 Å². The van der Waals surface area contributed by atoms with Gasteiger partial charge in [0.05, 0.1) is 4.92 Å². The van der Waals surface area contributed by atoms with Crippen molar-refractivity contribution in [2.24, 2.45) is 5.73 Å². The molecule has 1 rings (SSSR count). The molecule has 0 heterocycles. The molecular weight excluding hydrogens is 246 g/mol. The predicted molar refractivity (Wildman–Crippen MR) is 72.9 cm³/mol. The van der Waals surface area contributed by atoms with Gasteiger partial charge in [0.15, 0.2) is 0 Å². The number of nitrogens with one attached hydrogen (secondary N) is 1. The standard InChI is InChI=1S/C13H19N3O3/c1-2-3-6-10(9-14)15-13(17)11-7-4-5-8-12(11)16(18)19/h4-5,7-8,10H,2-3,6,9,14H2,1H3,(H,15,17). The minimum absolute atomic E-state index is 0.0717. The number of rotatable bonds is 7. The molecule has 6 heteroatoms. The van der Waals surface area contributed by atoms with Crippen LogP contribution in [-0.2, 0) is 0 Å². The van der Waals surface area contributed by atoms with Crippen molar-refractivity contribution in [3.63, 3.8) is 0 Å². The summed E-state index contributed by atoms with van der Waals surface area (Å²) in [7, 11) is 0. The lowest BCUT2D eigenvalue weighted by Crippen LogP contribution is -2.40. The van der Waals surface area contributed by atoms with E-state index in [1.807, 2.05) is 0 Å². The Morgan fingerprint density at radius 3 is 2.74 bits per heavy atom. The molecule has 1 amide bonds. The summed E-state index contributed by atoms with van der Waals surface area (Å²) < 4.78 is 0. The summed E-state index contributed by atoms with van der Waals surface area (Å²) in [4.78, 5) is 22.3. The first-order chi connectivity index (χ1) is 9.10. The number of benzene rings is 1. The number of nitrogens with two attached hydrogens (primary N) is 1. The summed E-state index contributed by atoms with van der Waals surface area (Å²) in [5, 5.41) is 13.6. The van der Waals surface area contributed by atoms with E-state index in [-0.39, 0.29) is 17.3 Å². The van der Waals surface area contributed by atoms with Crippen LogP contribution in [-0.4, -0.2) is 23.4 Å². The molecule has 0 aliphatic rings. The normalized spacial score (nSPS) is 11.9. The summed E-state index contributed by atoms with van der Waals surface area (Å²) in [5.41, 5.74) is 5.47. The first-order valence-corrected chi connectivity index (χ1v) is 6.34. The Bertz CT molecular complexity index is 449. The lowest BCUT2D eigenvalue weighted by molar-refractivity contribution is -0.385. The van der Waals surface area contributed by atoms with Crippen molar-refractivity contribution < 1.29 is 9.72 Å². The van der Waals surface area contributed by atoms with Gasteiger partial charge in [-0.1, -0.05) is 31.9 Å². The largest absolute Gasteiger partial charge is 0.348 e. The number of nitro benzene ring substituents is 1. The van der Waals surface area contributed by atoms with Gasteiger partial charge < -0.3 is 11.1 Å². The topological polar surface area (TPSA) is 98.3 Å². The third-order valence-corrected chi connectivity index (χ3v) is 2.87. The highest BCUT2D eigenvalue weighted by Crippen LogP contribution is 2.17. The van der Waals surface area contributed by atoms with Gasteiger partial charge in [0, 0.05) is 18.7 Å². The van der Waals surface area contributed by atoms with Gasteiger partial charge in [0.1, 0.15) is 5.56 Å². The molecule has 0 bridgehead atoms. The molecule has 19 heavy (non-hydrogen) atoms. The Labute approximate surface area is 112 Å². The fraction of sp³-hybridized carbons (Fsp3) is 0.462. The number of carbonyl (C=O) groups excluding carboxylic acids is 1. The lowest BCUT2D eigenvalue weighted by Gasteiger charge is -2.16. The monoisotopic (exact) mass is 265 g/mol. The Morgan fingerprint density at radius 2 is 2.16 bits per heavy atom. The van der Waals surface area contributed by atoms with E-state index >= 15 is 0 Å². The molecule has 104 valence electrons. The molecule has 0 fully saturated rings. The summed E-state index contributed by atoms with van der Waals surface area (Å²) in [6.07, 6.45) is 2.75.